The molecule has 1 nitrogen and oxygen atoms in total. The van der Waals surface area contributed by atoms with E-state index in [0.29, 0.717) is 0 Å². The highest BCUT2D eigenvalue weighted by molar-refractivity contribution is 4.69. The molecule has 1 saturated carbocycles. The largest absolute Gasteiger partial charge is 0.317 e. The SMILES string of the molecule is CCCCNCCC1CCC1. The molecule has 0 aromatic carbocycles. The summed E-state index contributed by atoms with van der Waals surface area (Å²) < 4.78 is 0. The van der Waals surface area contributed by atoms with Crippen LogP contribution in [-0.4, -0.2) is 13.1 Å². The van der Waals surface area contributed by atoms with Gasteiger partial charge < -0.3 is 5.32 Å². The molecule has 1 N–H and O–H groups in total. The molecule has 0 spiro atoms. The van der Waals surface area contributed by atoms with Crippen LogP contribution in [0.1, 0.15) is 45.4 Å². The van der Waals surface area contributed by atoms with E-state index >= 15 is 0 Å². The van der Waals surface area contributed by atoms with Crippen molar-refractivity contribution in [2.75, 3.05) is 13.1 Å². The molecule has 0 heterocycles. The van der Waals surface area contributed by atoms with Gasteiger partial charge in [0.1, 0.15) is 0 Å². The maximum absolute atomic E-state index is 3.49. The van der Waals surface area contributed by atoms with Gasteiger partial charge in [-0.25, -0.2) is 0 Å². The molecule has 0 amide bonds. The van der Waals surface area contributed by atoms with E-state index in [2.05, 4.69) is 12.2 Å². The van der Waals surface area contributed by atoms with Gasteiger partial charge in [0.15, 0.2) is 0 Å². The molecule has 0 bridgehead atoms. The maximum Gasteiger partial charge on any atom is -0.00463 e. The topological polar surface area (TPSA) is 12.0 Å². The molecule has 0 atom stereocenters. The van der Waals surface area contributed by atoms with E-state index in [9.17, 15) is 0 Å². The summed E-state index contributed by atoms with van der Waals surface area (Å²) in [5, 5.41) is 3.49. The van der Waals surface area contributed by atoms with E-state index in [-0.39, 0.29) is 0 Å². The Kier molecular flexibility index (Phi) is 4.60. The first-order valence-electron chi connectivity index (χ1n) is 5.14. The molecule has 66 valence electrons. The van der Waals surface area contributed by atoms with Crippen LogP contribution < -0.4 is 5.32 Å². The molecule has 1 aliphatic carbocycles. The van der Waals surface area contributed by atoms with Crippen molar-refractivity contribution in [1.29, 1.82) is 0 Å². The van der Waals surface area contributed by atoms with Crippen molar-refractivity contribution in [2.45, 2.75) is 45.4 Å². The summed E-state index contributed by atoms with van der Waals surface area (Å²) in [6, 6.07) is 0. The zero-order chi connectivity index (χ0) is 7.94. The Hall–Kier alpha value is -0.0400. The molecule has 1 fully saturated rings. The fourth-order valence-corrected chi connectivity index (χ4v) is 1.51. The molecule has 1 aliphatic rings. The van der Waals surface area contributed by atoms with E-state index in [4.69, 9.17) is 0 Å². The molecule has 0 aromatic rings. The summed E-state index contributed by atoms with van der Waals surface area (Å²) in [5.41, 5.74) is 0. The number of nitrogens with one attached hydrogen (secondary N) is 1. The van der Waals surface area contributed by atoms with Crippen LogP contribution in [0.15, 0.2) is 0 Å². The normalized spacial score (nSPS) is 18.3. The first-order valence-corrected chi connectivity index (χ1v) is 5.14. The molecule has 1 rings (SSSR count). The van der Waals surface area contributed by atoms with Gasteiger partial charge in [0, 0.05) is 0 Å². The minimum absolute atomic E-state index is 1.07. The second-order valence-corrected chi connectivity index (χ2v) is 3.69. The zero-order valence-corrected chi connectivity index (χ0v) is 7.73. The fourth-order valence-electron chi connectivity index (χ4n) is 1.51. The third-order valence-corrected chi connectivity index (χ3v) is 2.66. The van der Waals surface area contributed by atoms with Gasteiger partial charge in [-0.3, -0.25) is 0 Å². The highest BCUT2D eigenvalue weighted by Crippen LogP contribution is 2.28. The zero-order valence-electron chi connectivity index (χ0n) is 7.73. The molecule has 1 heteroatoms. The van der Waals surface area contributed by atoms with Gasteiger partial charge in [-0.1, -0.05) is 32.6 Å². The number of hydrogen-bond acceptors (Lipinski definition) is 1. The minimum atomic E-state index is 1.07. The molecular formula is C10H21N. The van der Waals surface area contributed by atoms with Crippen molar-refractivity contribution in [3.8, 4) is 0 Å². The first kappa shape index (κ1) is 9.05. The van der Waals surface area contributed by atoms with Gasteiger partial charge in [-0.2, -0.15) is 0 Å². The van der Waals surface area contributed by atoms with Crippen molar-refractivity contribution < 1.29 is 0 Å². The summed E-state index contributed by atoms with van der Waals surface area (Å²) in [4.78, 5) is 0. The van der Waals surface area contributed by atoms with Crippen LogP contribution in [-0.2, 0) is 0 Å². The maximum atomic E-state index is 3.49. The summed E-state index contributed by atoms with van der Waals surface area (Å²) in [5.74, 6) is 1.07. The average molecular weight is 155 g/mol. The minimum Gasteiger partial charge on any atom is -0.317 e. The Morgan fingerprint density at radius 2 is 2.09 bits per heavy atom. The van der Waals surface area contributed by atoms with Crippen LogP contribution in [0.2, 0.25) is 0 Å². The van der Waals surface area contributed by atoms with Gasteiger partial charge in [-0.05, 0) is 31.8 Å². The molecular weight excluding hydrogens is 134 g/mol. The Morgan fingerprint density at radius 3 is 2.64 bits per heavy atom. The monoisotopic (exact) mass is 155 g/mol. The molecule has 0 unspecified atom stereocenters. The lowest BCUT2D eigenvalue weighted by Gasteiger charge is -2.25. The van der Waals surface area contributed by atoms with Crippen LogP contribution >= 0.6 is 0 Å². The Bertz CT molecular complexity index is 86.9. The number of unbranched alkanes of at least 4 members (excludes halogenated alkanes) is 1. The van der Waals surface area contributed by atoms with E-state index in [0.717, 1.165) is 5.92 Å². The van der Waals surface area contributed by atoms with Gasteiger partial charge in [0.05, 0.1) is 0 Å². The molecule has 0 saturated heterocycles. The third-order valence-electron chi connectivity index (χ3n) is 2.66. The smallest absolute Gasteiger partial charge is 0.00463 e. The van der Waals surface area contributed by atoms with Crippen LogP contribution in [0.4, 0.5) is 0 Å². The molecule has 0 radical (unpaired) electrons. The van der Waals surface area contributed by atoms with Crippen molar-refractivity contribution >= 4 is 0 Å². The molecule has 0 aromatic heterocycles. The van der Waals surface area contributed by atoms with Crippen molar-refractivity contribution in [3.63, 3.8) is 0 Å². The van der Waals surface area contributed by atoms with Crippen LogP contribution in [0.5, 0.6) is 0 Å². The lowest BCUT2D eigenvalue weighted by molar-refractivity contribution is 0.292. The van der Waals surface area contributed by atoms with E-state index < -0.39 is 0 Å². The van der Waals surface area contributed by atoms with E-state index in [1.165, 1.54) is 51.6 Å². The van der Waals surface area contributed by atoms with Crippen LogP contribution in [0.3, 0.4) is 0 Å². The molecule has 0 aliphatic heterocycles. The summed E-state index contributed by atoms with van der Waals surface area (Å²) in [6.07, 6.45) is 8.55. The first-order chi connectivity index (χ1) is 5.43. The second-order valence-electron chi connectivity index (χ2n) is 3.69. The highest BCUT2D eigenvalue weighted by Gasteiger charge is 2.15. The summed E-state index contributed by atoms with van der Waals surface area (Å²) in [7, 11) is 0. The number of hydrogen-bond donors (Lipinski definition) is 1. The quantitative estimate of drug-likeness (QED) is 0.581. The Morgan fingerprint density at radius 1 is 1.27 bits per heavy atom. The van der Waals surface area contributed by atoms with Crippen LogP contribution in [0, 0.1) is 5.92 Å². The summed E-state index contributed by atoms with van der Waals surface area (Å²) >= 11 is 0. The molecule has 11 heavy (non-hydrogen) atoms. The Labute approximate surface area is 70.6 Å². The van der Waals surface area contributed by atoms with E-state index in [1.807, 2.05) is 0 Å². The predicted octanol–water partition coefficient (Wildman–Crippen LogP) is 2.57. The van der Waals surface area contributed by atoms with Gasteiger partial charge in [0.2, 0.25) is 0 Å². The van der Waals surface area contributed by atoms with E-state index in [1.54, 1.807) is 0 Å². The van der Waals surface area contributed by atoms with Crippen LogP contribution in [0.25, 0.3) is 0 Å². The van der Waals surface area contributed by atoms with Gasteiger partial charge in [-0.15, -0.1) is 0 Å². The average Bonchev–Trinajstić information content (AvgIpc) is 1.93. The predicted molar refractivity (Wildman–Crippen MR) is 49.7 cm³/mol. The summed E-state index contributed by atoms with van der Waals surface area (Å²) in [6.45, 7) is 4.72. The second kappa shape index (κ2) is 5.59. The lowest BCUT2D eigenvalue weighted by atomic mass is 9.83. The number of rotatable bonds is 6. The lowest BCUT2D eigenvalue weighted by Crippen LogP contribution is -2.22. The Balaban J connectivity index is 1.73. The highest BCUT2D eigenvalue weighted by atomic mass is 14.8. The van der Waals surface area contributed by atoms with Gasteiger partial charge >= 0.3 is 0 Å². The van der Waals surface area contributed by atoms with Crippen molar-refractivity contribution in [2.24, 2.45) is 5.92 Å². The standard InChI is InChI=1S/C10H21N/c1-2-3-8-11-9-7-10-5-4-6-10/h10-11H,2-9H2,1H3. The fraction of sp³-hybridized carbons (Fsp3) is 1.00. The van der Waals surface area contributed by atoms with Crippen molar-refractivity contribution in [1.82, 2.24) is 5.32 Å². The third kappa shape index (κ3) is 3.76. The van der Waals surface area contributed by atoms with Gasteiger partial charge in [0.25, 0.3) is 0 Å². The van der Waals surface area contributed by atoms with Crippen molar-refractivity contribution in [3.05, 3.63) is 0 Å².